The van der Waals surface area contributed by atoms with Crippen molar-refractivity contribution in [2.45, 2.75) is 23.1 Å². The molecule has 1 aromatic rings. The molecule has 0 aromatic heterocycles. The van der Waals surface area contributed by atoms with Gasteiger partial charge in [-0.2, -0.15) is 4.31 Å². The molecule has 0 radical (unpaired) electrons. The van der Waals surface area contributed by atoms with Gasteiger partial charge in [0.05, 0.1) is 4.90 Å². The molecule has 1 aliphatic rings. The van der Waals surface area contributed by atoms with E-state index in [1.165, 1.54) is 10.4 Å². The van der Waals surface area contributed by atoms with Crippen LogP contribution in [0.4, 0.5) is 0 Å². The van der Waals surface area contributed by atoms with Crippen LogP contribution in [0.15, 0.2) is 29.2 Å². The summed E-state index contributed by atoms with van der Waals surface area (Å²) in [6.45, 7) is 3.21. The lowest BCUT2D eigenvalue weighted by Gasteiger charge is -2.33. The molecule has 1 heterocycles. The highest BCUT2D eigenvalue weighted by Gasteiger charge is 2.32. The number of hydrogen-bond donors (Lipinski definition) is 0. The first-order valence-electron chi connectivity index (χ1n) is 5.81. The highest BCUT2D eigenvalue weighted by molar-refractivity contribution is 9.09. The molecule has 18 heavy (non-hydrogen) atoms. The fourth-order valence-electron chi connectivity index (χ4n) is 1.99. The molecule has 6 heteroatoms. The molecule has 1 aliphatic heterocycles. The van der Waals surface area contributed by atoms with E-state index in [0.717, 1.165) is 6.42 Å². The fourth-order valence-corrected chi connectivity index (χ4v) is 4.58. The number of alkyl halides is 1. The second kappa shape index (κ2) is 5.49. The maximum absolute atomic E-state index is 12.4. The number of benzene rings is 1. The van der Waals surface area contributed by atoms with Crippen LogP contribution in [0.5, 0.6) is 0 Å². The third-order valence-corrected chi connectivity index (χ3v) is 6.55. The molecule has 0 aliphatic carbocycles. The summed E-state index contributed by atoms with van der Waals surface area (Å²) in [6, 6.07) is 6.42. The van der Waals surface area contributed by atoms with Crippen LogP contribution in [0.1, 0.15) is 13.3 Å². The van der Waals surface area contributed by atoms with Gasteiger partial charge in [-0.3, -0.25) is 0 Å². The number of hydrogen-bond acceptors (Lipinski definition) is 2. The quantitative estimate of drug-likeness (QED) is 0.767. The summed E-state index contributed by atoms with van der Waals surface area (Å²) in [5, 5.41) is 0.442. The van der Waals surface area contributed by atoms with Gasteiger partial charge in [-0.1, -0.05) is 40.5 Å². The Morgan fingerprint density at radius 2 is 2.17 bits per heavy atom. The lowest BCUT2D eigenvalue weighted by atomic mass is 10.0. The molecule has 2 atom stereocenters. The second-order valence-corrected chi connectivity index (χ2v) is 8.15. The Hall–Kier alpha value is -0.100. The van der Waals surface area contributed by atoms with E-state index in [-0.39, 0.29) is 9.72 Å². The normalized spacial score (nSPS) is 26.2. The molecule has 0 amide bonds. The Kier molecular flexibility index (Phi) is 4.36. The Morgan fingerprint density at radius 1 is 1.44 bits per heavy atom. The third-order valence-electron chi connectivity index (χ3n) is 3.26. The van der Waals surface area contributed by atoms with Crippen molar-refractivity contribution in [3.05, 3.63) is 29.3 Å². The molecule has 0 saturated carbocycles. The van der Waals surface area contributed by atoms with Crippen molar-refractivity contribution in [1.82, 2.24) is 4.31 Å². The van der Waals surface area contributed by atoms with Crippen LogP contribution >= 0.6 is 27.5 Å². The van der Waals surface area contributed by atoms with Gasteiger partial charge in [0, 0.05) is 22.9 Å². The first-order valence-corrected chi connectivity index (χ1v) is 8.54. The average molecular weight is 353 g/mol. The van der Waals surface area contributed by atoms with Gasteiger partial charge in [-0.25, -0.2) is 8.42 Å². The summed E-state index contributed by atoms with van der Waals surface area (Å²) < 4.78 is 26.4. The Labute approximate surface area is 121 Å². The van der Waals surface area contributed by atoms with E-state index in [1.54, 1.807) is 18.2 Å². The molecule has 2 rings (SSSR count). The van der Waals surface area contributed by atoms with Gasteiger partial charge in [0.15, 0.2) is 0 Å². The van der Waals surface area contributed by atoms with Crippen LogP contribution in [0.2, 0.25) is 5.02 Å². The zero-order valence-electron chi connectivity index (χ0n) is 10.0. The van der Waals surface area contributed by atoms with E-state index < -0.39 is 10.0 Å². The monoisotopic (exact) mass is 351 g/mol. The van der Waals surface area contributed by atoms with Gasteiger partial charge in [0.2, 0.25) is 10.0 Å². The van der Waals surface area contributed by atoms with Gasteiger partial charge in [-0.05, 0) is 30.5 Å². The smallest absolute Gasteiger partial charge is 0.207 e. The number of rotatable bonds is 2. The van der Waals surface area contributed by atoms with Gasteiger partial charge < -0.3 is 0 Å². The van der Waals surface area contributed by atoms with Crippen molar-refractivity contribution >= 4 is 37.6 Å². The minimum Gasteiger partial charge on any atom is -0.207 e. The molecule has 1 saturated heterocycles. The standard InChI is InChI=1S/C12H15BrClNO2S/c1-9-5-6-15(8-12(9)13)18(16,17)11-4-2-3-10(14)7-11/h2-4,7,9,12H,5-6,8H2,1H3. The van der Waals surface area contributed by atoms with Gasteiger partial charge >= 0.3 is 0 Å². The predicted octanol–water partition coefficient (Wildman–Crippen LogP) is 3.13. The molecule has 2 unspecified atom stereocenters. The maximum Gasteiger partial charge on any atom is 0.243 e. The van der Waals surface area contributed by atoms with Crippen molar-refractivity contribution in [2.75, 3.05) is 13.1 Å². The first-order chi connectivity index (χ1) is 8.41. The number of sulfonamides is 1. The molecule has 3 nitrogen and oxygen atoms in total. The molecular weight excluding hydrogens is 338 g/mol. The van der Waals surface area contributed by atoms with Crippen molar-refractivity contribution in [3.8, 4) is 0 Å². The lowest BCUT2D eigenvalue weighted by Crippen LogP contribution is -2.43. The second-order valence-electron chi connectivity index (χ2n) is 4.60. The lowest BCUT2D eigenvalue weighted by molar-refractivity contribution is 0.300. The van der Waals surface area contributed by atoms with Crippen LogP contribution in [-0.2, 0) is 10.0 Å². The predicted molar refractivity (Wildman–Crippen MR) is 76.7 cm³/mol. The van der Waals surface area contributed by atoms with E-state index in [1.807, 2.05) is 0 Å². The first kappa shape index (κ1) is 14.3. The largest absolute Gasteiger partial charge is 0.243 e. The Bertz CT molecular complexity index is 535. The van der Waals surface area contributed by atoms with E-state index in [4.69, 9.17) is 11.6 Å². The Morgan fingerprint density at radius 3 is 2.78 bits per heavy atom. The summed E-state index contributed by atoms with van der Waals surface area (Å²) in [6.07, 6.45) is 0.871. The average Bonchev–Trinajstić information content (AvgIpc) is 2.32. The van der Waals surface area contributed by atoms with Crippen LogP contribution in [0.3, 0.4) is 0 Å². The maximum atomic E-state index is 12.4. The van der Waals surface area contributed by atoms with Crippen molar-refractivity contribution in [3.63, 3.8) is 0 Å². The van der Waals surface area contributed by atoms with Gasteiger partial charge in [0.25, 0.3) is 0 Å². The topological polar surface area (TPSA) is 37.4 Å². The van der Waals surface area contributed by atoms with E-state index in [2.05, 4.69) is 22.9 Å². The molecule has 0 bridgehead atoms. The highest BCUT2D eigenvalue weighted by Crippen LogP contribution is 2.28. The van der Waals surface area contributed by atoms with E-state index in [9.17, 15) is 8.42 Å². The molecule has 0 N–H and O–H groups in total. The molecule has 0 spiro atoms. The number of halogens is 2. The SMILES string of the molecule is CC1CCN(S(=O)(=O)c2cccc(Cl)c2)CC1Br. The number of piperidine rings is 1. The summed E-state index contributed by atoms with van der Waals surface area (Å²) in [5.74, 6) is 0.496. The van der Waals surface area contributed by atoms with Crippen molar-refractivity contribution in [1.29, 1.82) is 0 Å². The summed E-state index contributed by atoms with van der Waals surface area (Å²) >= 11 is 9.39. The molecule has 100 valence electrons. The van der Waals surface area contributed by atoms with E-state index >= 15 is 0 Å². The molecule has 1 fully saturated rings. The van der Waals surface area contributed by atoms with Crippen LogP contribution in [-0.4, -0.2) is 30.6 Å². The van der Waals surface area contributed by atoms with Crippen LogP contribution in [0.25, 0.3) is 0 Å². The number of nitrogens with zero attached hydrogens (tertiary/aromatic N) is 1. The fraction of sp³-hybridized carbons (Fsp3) is 0.500. The minimum absolute atomic E-state index is 0.209. The van der Waals surface area contributed by atoms with Gasteiger partial charge in [0.1, 0.15) is 0 Å². The summed E-state index contributed by atoms with van der Waals surface area (Å²) in [5.41, 5.74) is 0. The highest BCUT2D eigenvalue weighted by atomic mass is 79.9. The zero-order chi connectivity index (χ0) is 13.3. The van der Waals surface area contributed by atoms with Crippen molar-refractivity contribution < 1.29 is 8.42 Å². The molecular formula is C12H15BrClNO2S. The summed E-state index contributed by atoms with van der Waals surface area (Å²) in [7, 11) is -3.42. The zero-order valence-corrected chi connectivity index (χ0v) is 13.2. The van der Waals surface area contributed by atoms with E-state index in [0.29, 0.717) is 24.0 Å². The van der Waals surface area contributed by atoms with Gasteiger partial charge in [-0.15, -0.1) is 0 Å². The van der Waals surface area contributed by atoms with Crippen LogP contribution in [0, 0.1) is 5.92 Å². The third kappa shape index (κ3) is 2.90. The Balaban J connectivity index is 2.27. The molecule has 1 aromatic carbocycles. The van der Waals surface area contributed by atoms with Crippen molar-refractivity contribution in [2.24, 2.45) is 5.92 Å². The summed E-state index contributed by atoms with van der Waals surface area (Å²) in [4.78, 5) is 0.476. The minimum atomic E-state index is -3.42. The van der Waals surface area contributed by atoms with Crippen LogP contribution < -0.4 is 0 Å².